The average Bonchev–Trinajstić information content (AvgIpc) is 2.26. The third-order valence-electron chi connectivity index (χ3n) is 2.91. The van der Waals surface area contributed by atoms with E-state index in [0.29, 0.717) is 0 Å². The molecule has 1 N–H and O–H groups in total. The van der Waals surface area contributed by atoms with E-state index in [0.717, 1.165) is 0 Å². The highest BCUT2D eigenvalue weighted by molar-refractivity contribution is 5.80. The van der Waals surface area contributed by atoms with Crippen LogP contribution in [0.2, 0.25) is 0 Å². The Morgan fingerprint density at radius 1 is 1.32 bits per heavy atom. The summed E-state index contributed by atoms with van der Waals surface area (Å²) in [5.41, 5.74) is -1.16. The van der Waals surface area contributed by atoms with Gasteiger partial charge in [-0.2, -0.15) is 13.2 Å². The maximum Gasteiger partial charge on any atom is 0.401 e. The Kier molecular flexibility index (Phi) is 6.79. The van der Waals surface area contributed by atoms with Crippen LogP contribution in [0.15, 0.2) is 0 Å². The zero-order chi connectivity index (χ0) is 15.3. The molecule has 0 saturated heterocycles. The van der Waals surface area contributed by atoms with E-state index in [9.17, 15) is 18.0 Å². The van der Waals surface area contributed by atoms with E-state index < -0.39 is 24.2 Å². The van der Waals surface area contributed by atoms with Crippen molar-refractivity contribution in [3.8, 4) is 0 Å². The molecule has 0 aliphatic heterocycles. The van der Waals surface area contributed by atoms with Gasteiger partial charge in [0, 0.05) is 12.6 Å². The minimum atomic E-state index is -4.30. The molecular weight excluding hydrogens is 261 g/mol. The Morgan fingerprint density at radius 2 is 1.84 bits per heavy atom. The molecule has 0 bridgehead atoms. The Hall–Kier alpha value is -0.820. The lowest BCUT2D eigenvalue weighted by molar-refractivity contribution is -0.161. The number of carbonyl (C=O) groups is 1. The van der Waals surface area contributed by atoms with Gasteiger partial charge in [-0.1, -0.05) is 0 Å². The molecule has 0 aromatic carbocycles. The zero-order valence-corrected chi connectivity index (χ0v) is 12.1. The highest BCUT2D eigenvalue weighted by Crippen LogP contribution is 2.20. The van der Waals surface area contributed by atoms with E-state index in [2.05, 4.69) is 5.32 Å². The molecule has 1 atom stereocenters. The van der Waals surface area contributed by atoms with Crippen molar-refractivity contribution in [1.82, 2.24) is 10.2 Å². The molecule has 0 saturated carbocycles. The van der Waals surface area contributed by atoms with Gasteiger partial charge in [0.15, 0.2) is 0 Å². The number of rotatable bonds is 7. The molecule has 0 aromatic heterocycles. The van der Waals surface area contributed by atoms with Crippen molar-refractivity contribution in [2.24, 2.45) is 0 Å². The van der Waals surface area contributed by atoms with Gasteiger partial charge in [-0.05, 0) is 34.7 Å². The van der Waals surface area contributed by atoms with Gasteiger partial charge < -0.3 is 10.1 Å². The number of halogens is 3. The maximum atomic E-state index is 12.5. The van der Waals surface area contributed by atoms with Crippen molar-refractivity contribution in [2.45, 2.75) is 45.5 Å². The van der Waals surface area contributed by atoms with Gasteiger partial charge in [0.25, 0.3) is 0 Å². The number of alkyl halides is 3. The lowest BCUT2D eigenvalue weighted by Gasteiger charge is -2.36. The van der Waals surface area contributed by atoms with Crippen LogP contribution in [0.25, 0.3) is 0 Å². The summed E-state index contributed by atoms with van der Waals surface area (Å²) in [4.78, 5) is 13.0. The molecule has 114 valence electrons. The summed E-state index contributed by atoms with van der Waals surface area (Å²) in [5, 5.41) is 2.75. The largest absolute Gasteiger partial charge is 0.465 e. The molecule has 1 unspecified atom stereocenters. The number of ether oxygens (including phenoxy) is 1. The summed E-state index contributed by atoms with van der Waals surface area (Å²) in [6.45, 7) is 5.58. The van der Waals surface area contributed by atoms with Crippen LogP contribution in [0.1, 0.15) is 27.7 Å². The molecule has 0 aliphatic rings. The maximum absolute atomic E-state index is 12.5. The summed E-state index contributed by atoms with van der Waals surface area (Å²) in [6, 6.07) is -0.330. The van der Waals surface area contributed by atoms with Gasteiger partial charge in [0.05, 0.1) is 13.2 Å². The van der Waals surface area contributed by atoms with E-state index in [1.165, 1.54) is 18.9 Å². The predicted octanol–water partition coefficient (Wildman–Crippen LogP) is 1.80. The molecule has 4 nitrogen and oxygen atoms in total. The van der Waals surface area contributed by atoms with Crippen molar-refractivity contribution in [3.05, 3.63) is 0 Å². The summed E-state index contributed by atoms with van der Waals surface area (Å²) >= 11 is 0. The van der Waals surface area contributed by atoms with E-state index in [4.69, 9.17) is 4.74 Å². The van der Waals surface area contributed by atoms with Crippen LogP contribution >= 0.6 is 0 Å². The first-order valence-corrected chi connectivity index (χ1v) is 6.22. The van der Waals surface area contributed by atoms with Crippen LogP contribution < -0.4 is 5.32 Å². The van der Waals surface area contributed by atoms with Crippen molar-refractivity contribution < 1.29 is 22.7 Å². The van der Waals surface area contributed by atoms with Gasteiger partial charge in [0.2, 0.25) is 0 Å². The minimum absolute atomic E-state index is 0.0699. The van der Waals surface area contributed by atoms with E-state index in [-0.39, 0.29) is 19.2 Å². The third kappa shape index (κ3) is 6.24. The first-order chi connectivity index (χ1) is 8.55. The lowest BCUT2D eigenvalue weighted by Crippen LogP contribution is -2.58. The lowest BCUT2D eigenvalue weighted by atomic mass is 10.0. The number of esters is 1. The molecule has 0 rings (SSSR count). The standard InChI is InChI=1S/C12H23F3N2O2/c1-6-19-10(18)11(4,16-5)7-17(9(2)3)8-12(13,14)15/h9,16H,6-8H2,1-5H3. The highest BCUT2D eigenvalue weighted by Gasteiger charge is 2.39. The molecule has 0 radical (unpaired) electrons. The number of hydrogen-bond acceptors (Lipinski definition) is 4. The second-order valence-corrected chi connectivity index (χ2v) is 4.92. The number of nitrogens with one attached hydrogen (secondary N) is 1. The van der Waals surface area contributed by atoms with E-state index >= 15 is 0 Å². The van der Waals surface area contributed by atoms with Gasteiger partial charge in [-0.25, -0.2) is 0 Å². The van der Waals surface area contributed by atoms with Gasteiger partial charge in [-0.15, -0.1) is 0 Å². The van der Waals surface area contributed by atoms with Crippen LogP contribution in [0.4, 0.5) is 13.2 Å². The Labute approximate surface area is 112 Å². The molecule has 0 amide bonds. The van der Waals surface area contributed by atoms with Gasteiger partial charge in [-0.3, -0.25) is 9.69 Å². The second-order valence-electron chi connectivity index (χ2n) is 4.92. The summed E-state index contributed by atoms with van der Waals surface area (Å²) in [7, 11) is 1.53. The molecule has 0 fully saturated rings. The quantitative estimate of drug-likeness (QED) is 0.724. The van der Waals surface area contributed by atoms with Crippen molar-refractivity contribution in [1.29, 1.82) is 0 Å². The highest BCUT2D eigenvalue weighted by atomic mass is 19.4. The molecular formula is C12H23F3N2O2. The van der Waals surface area contributed by atoms with Crippen LogP contribution in [-0.2, 0) is 9.53 Å². The fraction of sp³-hybridized carbons (Fsp3) is 0.917. The molecule has 19 heavy (non-hydrogen) atoms. The summed E-state index contributed by atoms with van der Waals surface area (Å²) in [6.07, 6.45) is -4.30. The number of carbonyl (C=O) groups excluding carboxylic acids is 1. The normalized spacial score (nSPS) is 15.7. The topological polar surface area (TPSA) is 41.6 Å². The molecule has 0 aromatic rings. The summed E-state index contributed by atoms with van der Waals surface area (Å²) in [5.74, 6) is -0.551. The second kappa shape index (κ2) is 7.09. The smallest absolute Gasteiger partial charge is 0.401 e. The predicted molar refractivity (Wildman–Crippen MR) is 66.9 cm³/mol. The van der Waals surface area contributed by atoms with Crippen LogP contribution in [-0.4, -0.2) is 55.4 Å². The first-order valence-electron chi connectivity index (χ1n) is 6.22. The van der Waals surface area contributed by atoms with Gasteiger partial charge >= 0.3 is 12.1 Å². The monoisotopic (exact) mass is 284 g/mol. The number of likely N-dealkylation sites (N-methyl/N-ethyl adjacent to an activating group) is 1. The first kappa shape index (κ1) is 18.2. The van der Waals surface area contributed by atoms with Crippen molar-refractivity contribution >= 4 is 5.97 Å². The minimum Gasteiger partial charge on any atom is -0.465 e. The third-order valence-corrected chi connectivity index (χ3v) is 2.91. The molecule has 7 heteroatoms. The summed E-state index contributed by atoms with van der Waals surface area (Å²) < 4.78 is 42.4. The fourth-order valence-corrected chi connectivity index (χ4v) is 1.59. The Morgan fingerprint density at radius 3 is 2.16 bits per heavy atom. The molecule has 0 spiro atoms. The van der Waals surface area contributed by atoms with Crippen molar-refractivity contribution in [3.63, 3.8) is 0 Å². The van der Waals surface area contributed by atoms with E-state index in [1.54, 1.807) is 20.8 Å². The Bertz CT molecular complexity index is 295. The van der Waals surface area contributed by atoms with Crippen molar-refractivity contribution in [2.75, 3.05) is 26.7 Å². The fourth-order valence-electron chi connectivity index (χ4n) is 1.59. The van der Waals surface area contributed by atoms with E-state index in [1.807, 2.05) is 0 Å². The average molecular weight is 284 g/mol. The molecule has 0 aliphatic carbocycles. The number of hydrogen-bond donors (Lipinski definition) is 1. The molecule has 0 heterocycles. The van der Waals surface area contributed by atoms with Crippen LogP contribution in [0, 0.1) is 0 Å². The number of nitrogens with zero attached hydrogens (tertiary/aromatic N) is 1. The van der Waals surface area contributed by atoms with Gasteiger partial charge in [0.1, 0.15) is 5.54 Å². The van der Waals surface area contributed by atoms with Crippen LogP contribution in [0.3, 0.4) is 0 Å². The zero-order valence-electron chi connectivity index (χ0n) is 12.1. The van der Waals surface area contributed by atoms with Crippen LogP contribution in [0.5, 0.6) is 0 Å². The SMILES string of the molecule is CCOC(=O)C(C)(CN(CC(F)(F)F)C(C)C)NC. The Balaban J connectivity index is 4.92.